The third kappa shape index (κ3) is 4.40. The Morgan fingerprint density at radius 2 is 1.81 bits per heavy atom. The zero-order chi connectivity index (χ0) is 19.4. The van der Waals surface area contributed by atoms with E-state index in [9.17, 15) is 9.90 Å². The molecule has 0 bridgehead atoms. The number of pyridine rings is 1. The lowest BCUT2D eigenvalue weighted by Crippen LogP contribution is -2.40. The van der Waals surface area contributed by atoms with Gasteiger partial charge >= 0.3 is 0 Å². The van der Waals surface area contributed by atoms with E-state index in [1.54, 1.807) is 62.4 Å². The molecule has 0 unspecified atom stereocenters. The number of fused-ring (bicyclic) bond motifs is 1. The van der Waals surface area contributed by atoms with Crippen molar-refractivity contribution in [2.45, 2.75) is 26.0 Å². The highest BCUT2D eigenvalue weighted by Gasteiger charge is 2.15. The van der Waals surface area contributed by atoms with Crippen molar-refractivity contribution >= 4 is 16.8 Å². The molecule has 0 saturated carbocycles. The standard InChI is InChI=1S/C21H19N3O3/c1-13(14(2)25)23-21(26)20-9-5-16-11-18(8-10-19(16)24-20)27-17-6-3-15(12-22)4-7-17/h3-11,13-14,25H,1-2H3,(H,23,26)/t13-,14+/m0/s1. The number of aliphatic hydroxyl groups excluding tert-OH is 1. The van der Waals surface area contributed by atoms with Gasteiger partial charge in [0.05, 0.1) is 29.3 Å². The molecule has 2 aromatic carbocycles. The maximum Gasteiger partial charge on any atom is 0.270 e. The molecule has 1 heterocycles. The first-order valence-corrected chi connectivity index (χ1v) is 8.54. The third-order valence-corrected chi connectivity index (χ3v) is 4.19. The Labute approximate surface area is 157 Å². The summed E-state index contributed by atoms with van der Waals surface area (Å²) in [6.45, 7) is 3.35. The molecule has 0 saturated heterocycles. The molecule has 2 atom stereocenters. The number of amides is 1. The van der Waals surface area contributed by atoms with E-state index in [0.717, 1.165) is 5.39 Å². The van der Waals surface area contributed by atoms with Crippen LogP contribution >= 0.6 is 0 Å². The number of hydrogen-bond acceptors (Lipinski definition) is 5. The van der Waals surface area contributed by atoms with Gasteiger partial charge in [0.1, 0.15) is 17.2 Å². The van der Waals surface area contributed by atoms with E-state index in [1.165, 1.54) is 0 Å². The predicted octanol–water partition coefficient (Wildman–Crippen LogP) is 3.40. The summed E-state index contributed by atoms with van der Waals surface area (Å²) in [5.41, 5.74) is 1.52. The second-order valence-corrected chi connectivity index (χ2v) is 6.29. The molecule has 0 aliphatic heterocycles. The maximum atomic E-state index is 12.2. The van der Waals surface area contributed by atoms with Gasteiger partial charge in [0, 0.05) is 5.39 Å². The van der Waals surface area contributed by atoms with Crippen molar-refractivity contribution < 1.29 is 14.6 Å². The first kappa shape index (κ1) is 18.4. The van der Waals surface area contributed by atoms with Gasteiger partial charge < -0.3 is 15.2 Å². The lowest BCUT2D eigenvalue weighted by atomic mass is 10.1. The van der Waals surface area contributed by atoms with Gasteiger partial charge in [0.15, 0.2) is 0 Å². The highest BCUT2D eigenvalue weighted by molar-refractivity contribution is 5.95. The van der Waals surface area contributed by atoms with Gasteiger partial charge in [-0.05, 0) is 62.4 Å². The Kier molecular flexibility index (Phi) is 5.34. The molecule has 6 heteroatoms. The number of hydrogen-bond donors (Lipinski definition) is 2. The molecule has 3 rings (SSSR count). The van der Waals surface area contributed by atoms with E-state index >= 15 is 0 Å². The molecule has 6 nitrogen and oxygen atoms in total. The molecular formula is C21H19N3O3. The fraction of sp³-hybridized carbons (Fsp3) is 0.190. The molecule has 0 radical (unpaired) electrons. The van der Waals surface area contributed by atoms with Crippen LogP contribution in [-0.2, 0) is 0 Å². The first-order chi connectivity index (χ1) is 13.0. The number of nitrogens with one attached hydrogen (secondary N) is 1. The largest absolute Gasteiger partial charge is 0.457 e. The zero-order valence-corrected chi connectivity index (χ0v) is 15.0. The second kappa shape index (κ2) is 7.85. The van der Waals surface area contributed by atoms with Crippen LogP contribution in [0.25, 0.3) is 10.9 Å². The highest BCUT2D eigenvalue weighted by Crippen LogP contribution is 2.25. The molecule has 0 fully saturated rings. The molecule has 0 spiro atoms. The fourth-order valence-electron chi connectivity index (χ4n) is 2.43. The van der Waals surface area contributed by atoms with E-state index in [1.807, 2.05) is 6.07 Å². The number of nitriles is 1. The van der Waals surface area contributed by atoms with Gasteiger partial charge in [-0.3, -0.25) is 4.79 Å². The van der Waals surface area contributed by atoms with Crippen LogP contribution in [0.5, 0.6) is 11.5 Å². The second-order valence-electron chi connectivity index (χ2n) is 6.29. The molecule has 1 aromatic heterocycles. The van der Waals surface area contributed by atoms with Crippen LogP contribution in [0.15, 0.2) is 54.6 Å². The lowest BCUT2D eigenvalue weighted by Gasteiger charge is -2.16. The maximum absolute atomic E-state index is 12.2. The van der Waals surface area contributed by atoms with Gasteiger partial charge in [0.25, 0.3) is 5.91 Å². The topological polar surface area (TPSA) is 95.2 Å². The van der Waals surface area contributed by atoms with Crippen molar-refractivity contribution in [2.75, 3.05) is 0 Å². The Balaban J connectivity index is 1.78. The van der Waals surface area contributed by atoms with Crippen LogP contribution in [0.2, 0.25) is 0 Å². The van der Waals surface area contributed by atoms with Crippen molar-refractivity contribution in [1.82, 2.24) is 10.3 Å². The lowest BCUT2D eigenvalue weighted by molar-refractivity contribution is 0.0869. The molecule has 27 heavy (non-hydrogen) atoms. The Morgan fingerprint density at radius 1 is 1.11 bits per heavy atom. The van der Waals surface area contributed by atoms with Crippen molar-refractivity contribution in [3.63, 3.8) is 0 Å². The van der Waals surface area contributed by atoms with Crippen LogP contribution < -0.4 is 10.1 Å². The first-order valence-electron chi connectivity index (χ1n) is 8.54. The van der Waals surface area contributed by atoms with E-state index in [4.69, 9.17) is 10.00 Å². The smallest absolute Gasteiger partial charge is 0.270 e. The summed E-state index contributed by atoms with van der Waals surface area (Å²) < 4.78 is 5.80. The molecule has 0 aliphatic carbocycles. The summed E-state index contributed by atoms with van der Waals surface area (Å²) in [5.74, 6) is 0.932. The fourth-order valence-corrected chi connectivity index (χ4v) is 2.43. The zero-order valence-electron chi connectivity index (χ0n) is 15.0. The molecule has 2 N–H and O–H groups in total. The average Bonchev–Trinajstić information content (AvgIpc) is 2.68. The predicted molar refractivity (Wildman–Crippen MR) is 102 cm³/mol. The highest BCUT2D eigenvalue weighted by atomic mass is 16.5. The van der Waals surface area contributed by atoms with E-state index < -0.39 is 6.10 Å². The van der Waals surface area contributed by atoms with Crippen LogP contribution in [0.3, 0.4) is 0 Å². The molecule has 3 aromatic rings. The molecule has 0 aliphatic rings. The van der Waals surface area contributed by atoms with Crippen LogP contribution in [-0.4, -0.2) is 28.1 Å². The number of aliphatic hydroxyl groups is 1. The van der Waals surface area contributed by atoms with Gasteiger partial charge in [-0.25, -0.2) is 4.98 Å². The number of carbonyl (C=O) groups excluding carboxylic acids is 1. The van der Waals surface area contributed by atoms with Crippen LogP contribution in [0.4, 0.5) is 0 Å². The summed E-state index contributed by atoms with van der Waals surface area (Å²) in [6.07, 6.45) is -0.642. The summed E-state index contributed by atoms with van der Waals surface area (Å²) in [5, 5.41) is 21.9. The van der Waals surface area contributed by atoms with Crippen LogP contribution in [0.1, 0.15) is 29.9 Å². The SMILES string of the molecule is C[C@H](NC(=O)c1ccc2cc(Oc3ccc(C#N)cc3)ccc2n1)[C@@H](C)O. The molecular weight excluding hydrogens is 342 g/mol. The minimum absolute atomic E-state index is 0.288. The number of carbonyl (C=O) groups is 1. The van der Waals surface area contributed by atoms with E-state index in [0.29, 0.717) is 22.6 Å². The number of ether oxygens (including phenoxy) is 1. The minimum atomic E-state index is -0.642. The van der Waals surface area contributed by atoms with E-state index in [-0.39, 0.29) is 17.6 Å². The Bertz CT molecular complexity index is 1010. The summed E-state index contributed by atoms with van der Waals surface area (Å²) in [4.78, 5) is 16.6. The molecule has 1 amide bonds. The van der Waals surface area contributed by atoms with Gasteiger partial charge in [-0.1, -0.05) is 6.07 Å². The summed E-state index contributed by atoms with van der Waals surface area (Å²) in [7, 11) is 0. The minimum Gasteiger partial charge on any atom is -0.457 e. The average molecular weight is 361 g/mol. The van der Waals surface area contributed by atoms with Crippen molar-refractivity contribution in [1.29, 1.82) is 5.26 Å². The normalized spacial score (nSPS) is 12.8. The van der Waals surface area contributed by atoms with Crippen molar-refractivity contribution in [3.8, 4) is 17.6 Å². The number of benzene rings is 2. The number of nitrogens with zero attached hydrogens (tertiary/aromatic N) is 2. The Hall–Kier alpha value is -3.43. The quantitative estimate of drug-likeness (QED) is 0.726. The van der Waals surface area contributed by atoms with Gasteiger partial charge in [0.2, 0.25) is 0 Å². The number of rotatable bonds is 5. The van der Waals surface area contributed by atoms with Gasteiger partial charge in [-0.2, -0.15) is 5.26 Å². The van der Waals surface area contributed by atoms with Crippen molar-refractivity contribution in [2.24, 2.45) is 0 Å². The third-order valence-electron chi connectivity index (χ3n) is 4.19. The summed E-state index contributed by atoms with van der Waals surface area (Å²) in [6, 6.07) is 17.4. The molecule has 136 valence electrons. The van der Waals surface area contributed by atoms with Crippen LogP contribution in [0, 0.1) is 11.3 Å². The Morgan fingerprint density at radius 3 is 2.48 bits per heavy atom. The van der Waals surface area contributed by atoms with Crippen molar-refractivity contribution in [3.05, 3.63) is 65.9 Å². The summed E-state index contributed by atoms with van der Waals surface area (Å²) >= 11 is 0. The monoisotopic (exact) mass is 361 g/mol. The number of aromatic nitrogens is 1. The van der Waals surface area contributed by atoms with E-state index in [2.05, 4.69) is 16.4 Å². The van der Waals surface area contributed by atoms with Gasteiger partial charge in [-0.15, -0.1) is 0 Å².